The molecule has 0 N–H and O–H groups in total. The van der Waals surface area contributed by atoms with Crippen molar-refractivity contribution < 1.29 is 17.9 Å². The highest BCUT2D eigenvalue weighted by atomic mass is 35.5. The van der Waals surface area contributed by atoms with Gasteiger partial charge in [0.2, 0.25) is 10.0 Å². The van der Waals surface area contributed by atoms with E-state index < -0.39 is 10.0 Å². The summed E-state index contributed by atoms with van der Waals surface area (Å²) >= 11 is 6.28. The van der Waals surface area contributed by atoms with Crippen LogP contribution in [0.3, 0.4) is 0 Å². The van der Waals surface area contributed by atoms with Crippen LogP contribution in [0.15, 0.2) is 47.4 Å². The summed E-state index contributed by atoms with van der Waals surface area (Å²) < 4.78 is 39.1. The fraction of sp³-hybridized carbons (Fsp3) is 0.400. The van der Waals surface area contributed by atoms with E-state index in [-0.39, 0.29) is 4.90 Å². The topological polar surface area (TPSA) is 59.1 Å². The number of rotatable bonds is 7. The first-order valence-corrected chi connectivity index (χ1v) is 11.2. The highest BCUT2D eigenvalue weighted by Crippen LogP contribution is 2.32. The van der Waals surface area contributed by atoms with Gasteiger partial charge in [0, 0.05) is 32.2 Å². The van der Waals surface area contributed by atoms with E-state index in [4.69, 9.17) is 21.1 Å². The second-order valence-corrected chi connectivity index (χ2v) is 8.63. The van der Waals surface area contributed by atoms with Gasteiger partial charge in [0.1, 0.15) is 16.4 Å². The van der Waals surface area contributed by atoms with Gasteiger partial charge in [0.25, 0.3) is 0 Å². The molecule has 0 aromatic heterocycles. The number of hydrogen-bond acceptors (Lipinski definition) is 5. The first kappa shape index (κ1) is 20.8. The average molecular weight is 425 g/mol. The quantitative estimate of drug-likeness (QED) is 0.679. The number of para-hydroxylation sites is 1. The van der Waals surface area contributed by atoms with E-state index >= 15 is 0 Å². The van der Waals surface area contributed by atoms with Gasteiger partial charge in [-0.25, -0.2) is 8.42 Å². The van der Waals surface area contributed by atoms with Gasteiger partial charge in [-0.3, -0.25) is 0 Å². The number of anilines is 1. The molecule has 0 aliphatic carbocycles. The van der Waals surface area contributed by atoms with Crippen LogP contribution in [-0.2, 0) is 10.0 Å². The lowest BCUT2D eigenvalue weighted by atomic mass is 10.2. The molecule has 0 saturated carbocycles. The summed E-state index contributed by atoms with van der Waals surface area (Å²) in [6.45, 7) is 6.42. The maximum Gasteiger partial charge on any atom is 0.247 e. The van der Waals surface area contributed by atoms with Gasteiger partial charge < -0.3 is 14.4 Å². The van der Waals surface area contributed by atoms with Crippen LogP contribution in [-0.4, -0.2) is 52.1 Å². The maximum atomic E-state index is 13.3. The van der Waals surface area contributed by atoms with Gasteiger partial charge >= 0.3 is 0 Å². The highest BCUT2D eigenvalue weighted by Gasteiger charge is 2.31. The Bertz CT molecular complexity index is 912. The van der Waals surface area contributed by atoms with Crippen LogP contribution in [0.5, 0.6) is 11.5 Å². The first-order chi connectivity index (χ1) is 13.5. The number of piperazine rings is 1. The lowest BCUT2D eigenvalue weighted by Crippen LogP contribution is -2.48. The summed E-state index contributed by atoms with van der Waals surface area (Å²) in [6.07, 6.45) is 0. The summed E-state index contributed by atoms with van der Waals surface area (Å²) in [5.41, 5.74) is 0.926. The predicted octanol–water partition coefficient (Wildman–Crippen LogP) is 3.65. The van der Waals surface area contributed by atoms with Crippen molar-refractivity contribution in [3.05, 3.63) is 47.5 Å². The lowest BCUT2D eigenvalue weighted by molar-refractivity contribution is 0.319. The molecule has 2 aromatic rings. The van der Waals surface area contributed by atoms with Crippen LogP contribution in [0.1, 0.15) is 13.8 Å². The molecular weight excluding hydrogens is 400 g/mol. The molecule has 0 amide bonds. The minimum Gasteiger partial charge on any atom is -0.494 e. The van der Waals surface area contributed by atoms with E-state index in [9.17, 15) is 8.42 Å². The molecule has 3 rings (SSSR count). The third kappa shape index (κ3) is 4.37. The zero-order chi connectivity index (χ0) is 20.1. The van der Waals surface area contributed by atoms with Crippen molar-refractivity contribution >= 4 is 27.3 Å². The Morgan fingerprint density at radius 2 is 1.64 bits per heavy atom. The van der Waals surface area contributed by atoms with Crippen molar-refractivity contribution in [3.63, 3.8) is 0 Å². The van der Waals surface area contributed by atoms with Crippen molar-refractivity contribution in [2.45, 2.75) is 18.7 Å². The monoisotopic (exact) mass is 424 g/mol. The SMILES string of the molecule is CCOc1ccc(OCC)c(S(=O)(=O)N2CCN(c3ccccc3Cl)CC2)c1. The molecule has 1 fully saturated rings. The molecule has 1 aliphatic heterocycles. The molecule has 1 heterocycles. The molecular formula is C20H25ClN2O4S. The van der Waals surface area contributed by atoms with E-state index in [2.05, 4.69) is 4.90 Å². The molecule has 0 bridgehead atoms. The zero-order valence-electron chi connectivity index (χ0n) is 16.1. The molecule has 28 heavy (non-hydrogen) atoms. The van der Waals surface area contributed by atoms with Gasteiger partial charge in [-0.05, 0) is 38.1 Å². The standard InChI is InChI=1S/C20H25ClN2O4S/c1-3-26-16-9-10-19(27-4-2)20(15-16)28(24,25)23-13-11-22(12-14-23)18-8-6-5-7-17(18)21/h5-10,15H,3-4,11-14H2,1-2H3. The van der Waals surface area contributed by atoms with Gasteiger partial charge in [-0.15, -0.1) is 0 Å². The normalized spacial score (nSPS) is 15.5. The summed E-state index contributed by atoms with van der Waals surface area (Å²) in [4.78, 5) is 2.25. The molecule has 8 heteroatoms. The van der Waals surface area contributed by atoms with Gasteiger partial charge in [0.05, 0.1) is 23.9 Å². The molecule has 0 atom stereocenters. The van der Waals surface area contributed by atoms with Crippen molar-refractivity contribution in [3.8, 4) is 11.5 Å². The predicted molar refractivity (Wildman–Crippen MR) is 111 cm³/mol. The van der Waals surface area contributed by atoms with E-state index in [0.29, 0.717) is 55.9 Å². The van der Waals surface area contributed by atoms with E-state index in [0.717, 1.165) is 5.69 Å². The summed E-state index contributed by atoms with van der Waals surface area (Å²) in [7, 11) is -3.70. The Kier molecular flexibility index (Phi) is 6.69. The lowest BCUT2D eigenvalue weighted by Gasteiger charge is -2.36. The molecule has 0 spiro atoms. The Hall–Kier alpha value is -1.96. The number of ether oxygens (including phenoxy) is 2. The fourth-order valence-corrected chi connectivity index (χ4v) is 5.06. The minimum absolute atomic E-state index is 0.145. The highest BCUT2D eigenvalue weighted by molar-refractivity contribution is 7.89. The second-order valence-electron chi connectivity index (χ2n) is 6.32. The largest absolute Gasteiger partial charge is 0.494 e. The number of sulfonamides is 1. The van der Waals surface area contributed by atoms with Crippen LogP contribution in [0, 0.1) is 0 Å². The van der Waals surface area contributed by atoms with Crippen molar-refractivity contribution in [2.75, 3.05) is 44.3 Å². The summed E-state index contributed by atoms with van der Waals surface area (Å²) in [6, 6.07) is 12.5. The van der Waals surface area contributed by atoms with Crippen molar-refractivity contribution in [1.82, 2.24) is 4.31 Å². The number of nitrogens with zero attached hydrogens (tertiary/aromatic N) is 2. The molecule has 6 nitrogen and oxygen atoms in total. The van der Waals surface area contributed by atoms with Crippen LogP contribution in [0.2, 0.25) is 5.02 Å². The van der Waals surface area contributed by atoms with Gasteiger partial charge in [0.15, 0.2) is 0 Å². The van der Waals surface area contributed by atoms with E-state index in [1.165, 1.54) is 4.31 Å². The van der Waals surface area contributed by atoms with Crippen molar-refractivity contribution in [2.24, 2.45) is 0 Å². The van der Waals surface area contributed by atoms with Crippen LogP contribution in [0.4, 0.5) is 5.69 Å². The molecule has 2 aromatic carbocycles. The first-order valence-electron chi connectivity index (χ1n) is 9.36. The van der Waals surface area contributed by atoms with E-state index in [1.807, 2.05) is 38.1 Å². The Morgan fingerprint density at radius 3 is 2.29 bits per heavy atom. The third-order valence-corrected chi connectivity index (χ3v) is 6.82. The minimum atomic E-state index is -3.70. The molecule has 0 unspecified atom stereocenters. The van der Waals surface area contributed by atoms with Crippen LogP contribution < -0.4 is 14.4 Å². The second kappa shape index (κ2) is 9.03. The molecule has 1 saturated heterocycles. The Morgan fingerprint density at radius 1 is 0.964 bits per heavy atom. The number of hydrogen-bond donors (Lipinski definition) is 0. The molecule has 0 radical (unpaired) electrons. The average Bonchev–Trinajstić information content (AvgIpc) is 2.70. The number of halogens is 1. The smallest absolute Gasteiger partial charge is 0.247 e. The van der Waals surface area contributed by atoms with Crippen LogP contribution >= 0.6 is 11.6 Å². The maximum absolute atomic E-state index is 13.3. The van der Waals surface area contributed by atoms with Crippen LogP contribution in [0.25, 0.3) is 0 Å². The van der Waals surface area contributed by atoms with Gasteiger partial charge in [-0.2, -0.15) is 4.31 Å². The summed E-state index contributed by atoms with van der Waals surface area (Å²) in [5.74, 6) is 0.860. The Balaban J connectivity index is 1.82. The van der Waals surface area contributed by atoms with E-state index in [1.54, 1.807) is 18.2 Å². The third-order valence-electron chi connectivity index (χ3n) is 4.58. The molecule has 152 valence electrons. The fourth-order valence-electron chi connectivity index (χ4n) is 3.24. The van der Waals surface area contributed by atoms with Crippen molar-refractivity contribution in [1.29, 1.82) is 0 Å². The summed E-state index contributed by atoms with van der Waals surface area (Å²) in [5, 5.41) is 0.668. The molecule has 1 aliphatic rings. The zero-order valence-corrected chi connectivity index (χ0v) is 17.7. The van der Waals surface area contributed by atoms with Gasteiger partial charge in [-0.1, -0.05) is 23.7 Å². The Labute approximate surface area is 171 Å². The number of benzene rings is 2.